The maximum absolute atomic E-state index is 12.0. The summed E-state index contributed by atoms with van der Waals surface area (Å²) in [6.07, 6.45) is 58.6. The highest BCUT2D eigenvalue weighted by molar-refractivity contribution is 5.69. The molecule has 0 unspecified atom stereocenters. The molecular weight excluding hydrogens is 597 g/mol. The van der Waals surface area contributed by atoms with Gasteiger partial charge in [0, 0.05) is 6.42 Å². The van der Waals surface area contributed by atoms with Crippen molar-refractivity contribution in [3.05, 3.63) is 24.3 Å². The molecule has 0 aliphatic rings. The molecular formula is C47H90O2. The van der Waals surface area contributed by atoms with Gasteiger partial charge in [-0.25, -0.2) is 0 Å². The molecule has 0 aromatic rings. The van der Waals surface area contributed by atoms with Crippen molar-refractivity contribution < 1.29 is 9.53 Å². The summed E-state index contributed by atoms with van der Waals surface area (Å²) in [6, 6.07) is 0. The highest BCUT2D eigenvalue weighted by Crippen LogP contribution is 2.17. The fourth-order valence-electron chi connectivity index (χ4n) is 6.88. The summed E-state index contributed by atoms with van der Waals surface area (Å²) < 4.78 is 5.46. The van der Waals surface area contributed by atoms with Crippen molar-refractivity contribution in [3.63, 3.8) is 0 Å². The molecule has 2 nitrogen and oxygen atoms in total. The highest BCUT2D eigenvalue weighted by atomic mass is 16.5. The molecule has 0 aliphatic heterocycles. The standard InChI is InChI=1S/C47H90O2/c1-4-5-6-7-8-9-10-11-22-26-29-32-35-38-41-44-47(48)49-45-42-39-36-33-30-27-24-21-19-17-15-13-12-14-16-18-20-23-25-28-31-34-37-40-43-46(2)3/h8-9,11,22,46H,4-7,10,12-21,23-45H2,1-3H3/b9-8-,22-11-. The van der Waals surface area contributed by atoms with Gasteiger partial charge in [0.25, 0.3) is 0 Å². The van der Waals surface area contributed by atoms with Crippen molar-refractivity contribution in [1.82, 2.24) is 0 Å². The molecule has 0 spiro atoms. The van der Waals surface area contributed by atoms with Crippen LogP contribution in [0.1, 0.15) is 258 Å². The van der Waals surface area contributed by atoms with Crippen molar-refractivity contribution in [2.24, 2.45) is 5.92 Å². The first-order valence-electron chi connectivity index (χ1n) is 22.6. The van der Waals surface area contributed by atoms with E-state index >= 15 is 0 Å². The quantitative estimate of drug-likeness (QED) is 0.0363. The molecule has 0 radical (unpaired) electrons. The molecule has 0 aromatic heterocycles. The maximum atomic E-state index is 12.0. The number of carbonyl (C=O) groups excluding carboxylic acids is 1. The van der Waals surface area contributed by atoms with Gasteiger partial charge in [-0.3, -0.25) is 4.79 Å². The minimum Gasteiger partial charge on any atom is -0.466 e. The van der Waals surface area contributed by atoms with E-state index in [0.29, 0.717) is 13.0 Å². The second kappa shape index (κ2) is 43.1. The molecule has 290 valence electrons. The average Bonchev–Trinajstić information content (AvgIpc) is 3.09. The van der Waals surface area contributed by atoms with E-state index in [1.807, 2.05) is 0 Å². The van der Waals surface area contributed by atoms with Crippen LogP contribution in [0, 0.1) is 5.92 Å². The lowest BCUT2D eigenvalue weighted by Crippen LogP contribution is -2.05. The van der Waals surface area contributed by atoms with Gasteiger partial charge in [0.2, 0.25) is 0 Å². The van der Waals surface area contributed by atoms with Gasteiger partial charge in [-0.2, -0.15) is 0 Å². The third-order valence-corrected chi connectivity index (χ3v) is 10.3. The van der Waals surface area contributed by atoms with Crippen LogP contribution in [-0.2, 0) is 9.53 Å². The van der Waals surface area contributed by atoms with Crippen LogP contribution in [0.2, 0.25) is 0 Å². The minimum atomic E-state index is 0.0140. The van der Waals surface area contributed by atoms with Crippen molar-refractivity contribution in [2.45, 2.75) is 258 Å². The van der Waals surface area contributed by atoms with E-state index < -0.39 is 0 Å². The van der Waals surface area contributed by atoms with Crippen LogP contribution in [0.4, 0.5) is 0 Å². The largest absolute Gasteiger partial charge is 0.466 e. The zero-order chi connectivity index (χ0) is 35.6. The number of hydrogen-bond donors (Lipinski definition) is 0. The Morgan fingerprint density at radius 3 is 1.18 bits per heavy atom. The highest BCUT2D eigenvalue weighted by Gasteiger charge is 2.03. The zero-order valence-corrected chi connectivity index (χ0v) is 34.1. The second-order valence-electron chi connectivity index (χ2n) is 15.9. The number of ether oxygens (including phenoxy) is 1. The Bertz CT molecular complexity index is 678. The number of unbranched alkanes of at least 4 members (excludes halogenated alkanes) is 31. The predicted molar refractivity (Wildman–Crippen MR) is 221 cm³/mol. The van der Waals surface area contributed by atoms with Crippen LogP contribution in [-0.4, -0.2) is 12.6 Å². The Kier molecular flexibility index (Phi) is 42.2. The molecule has 0 saturated heterocycles. The van der Waals surface area contributed by atoms with Gasteiger partial charge in [0.15, 0.2) is 0 Å². The first kappa shape index (κ1) is 48.0. The molecule has 0 saturated carbocycles. The topological polar surface area (TPSA) is 26.3 Å². The lowest BCUT2D eigenvalue weighted by molar-refractivity contribution is -0.143. The third-order valence-electron chi connectivity index (χ3n) is 10.3. The van der Waals surface area contributed by atoms with Crippen LogP contribution in [0.15, 0.2) is 24.3 Å². The van der Waals surface area contributed by atoms with Crippen LogP contribution < -0.4 is 0 Å². The van der Waals surface area contributed by atoms with Crippen LogP contribution in [0.5, 0.6) is 0 Å². The molecule has 49 heavy (non-hydrogen) atoms. The molecule has 0 bridgehead atoms. The second-order valence-corrected chi connectivity index (χ2v) is 15.9. The Labute approximate surface area is 309 Å². The zero-order valence-electron chi connectivity index (χ0n) is 34.1. The summed E-state index contributed by atoms with van der Waals surface area (Å²) >= 11 is 0. The van der Waals surface area contributed by atoms with E-state index in [0.717, 1.165) is 31.6 Å². The summed E-state index contributed by atoms with van der Waals surface area (Å²) in [4.78, 5) is 12.0. The summed E-state index contributed by atoms with van der Waals surface area (Å²) in [5, 5.41) is 0. The van der Waals surface area contributed by atoms with Crippen molar-refractivity contribution in [3.8, 4) is 0 Å². The van der Waals surface area contributed by atoms with Crippen LogP contribution in [0.25, 0.3) is 0 Å². The van der Waals surface area contributed by atoms with Gasteiger partial charge < -0.3 is 4.74 Å². The summed E-state index contributed by atoms with van der Waals surface area (Å²) in [5.74, 6) is 0.899. The van der Waals surface area contributed by atoms with Crippen molar-refractivity contribution in [1.29, 1.82) is 0 Å². The van der Waals surface area contributed by atoms with E-state index in [1.54, 1.807) is 0 Å². The Balaban J connectivity index is 3.18. The molecule has 0 atom stereocenters. The molecule has 0 N–H and O–H groups in total. The SMILES string of the molecule is CCCCC/C=C\C/C=C\CCCCCCCC(=O)OCCCCCCCCCCCCCCCCCCCCCCCCCCC(C)C. The van der Waals surface area contributed by atoms with E-state index in [1.165, 1.54) is 205 Å². The summed E-state index contributed by atoms with van der Waals surface area (Å²) in [7, 11) is 0. The van der Waals surface area contributed by atoms with Gasteiger partial charge in [-0.1, -0.05) is 231 Å². The predicted octanol–water partition coefficient (Wildman–Crippen LogP) is 16.8. The van der Waals surface area contributed by atoms with Crippen molar-refractivity contribution >= 4 is 5.97 Å². The first-order chi connectivity index (χ1) is 24.2. The molecule has 0 heterocycles. The molecule has 0 aromatic carbocycles. The minimum absolute atomic E-state index is 0.0140. The summed E-state index contributed by atoms with van der Waals surface area (Å²) in [5.41, 5.74) is 0. The lowest BCUT2D eigenvalue weighted by atomic mass is 10.0. The molecule has 0 fully saturated rings. The first-order valence-corrected chi connectivity index (χ1v) is 22.6. The monoisotopic (exact) mass is 687 g/mol. The van der Waals surface area contributed by atoms with Gasteiger partial charge in [-0.15, -0.1) is 0 Å². The fraction of sp³-hybridized carbons (Fsp3) is 0.894. The Morgan fingerprint density at radius 1 is 0.429 bits per heavy atom. The smallest absolute Gasteiger partial charge is 0.305 e. The Morgan fingerprint density at radius 2 is 0.776 bits per heavy atom. The van der Waals surface area contributed by atoms with Gasteiger partial charge in [0.05, 0.1) is 6.61 Å². The number of carbonyl (C=O) groups is 1. The lowest BCUT2D eigenvalue weighted by Gasteiger charge is -2.06. The molecule has 0 aliphatic carbocycles. The van der Waals surface area contributed by atoms with Crippen molar-refractivity contribution in [2.75, 3.05) is 6.61 Å². The van der Waals surface area contributed by atoms with E-state index in [-0.39, 0.29) is 5.97 Å². The average molecular weight is 687 g/mol. The number of esters is 1. The Hall–Kier alpha value is -1.05. The molecule has 2 heteroatoms. The number of allylic oxidation sites excluding steroid dienone is 4. The number of hydrogen-bond acceptors (Lipinski definition) is 2. The van der Waals surface area contributed by atoms with E-state index in [4.69, 9.17) is 4.74 Å². The normalized spacial score (nSPS) is 11.9. The van der Waals surface area contributed by atoms with Crippen LogP contribution in [0.3, 0.4) is 0 Å². The van der Waals surface area contributed by atoms with Gasteiger partial charge in [0.1, 0.15) is 0 Å². The summed E-state index contributed by atoms with van der Waals surface area (Å²) in [6.45, 7) is 7.57. The third kappa shape index (κ3) is 44.9. The molecule has 0 rings (SSSR count). The van der Waals surface area contributed by atoms with E-state index in [2.05, 4.69) is 45.1 Å². The fourth-order valence-corrected chi connectivity index (χ4v) is 6.88. The van der Waals surface area contributed by atoms with E-state index in [9.17, 15) is 4.79 Å². The number of rotatable bonds is 41. The maximum Gasteiger partial charge on any atom is 0.305 e. The van der Waals surface area contributed by atoms with Gasteiger partial charge in [-0.05, 0) is 50.9 Å². The van der Waals surface area contributed by atoms with Crippen LogP contribution >= 0.6 is 0 Å². The van der Waals surface area contributed by atoms with Gasteiger partial charge >= 0.3 is 5.97 Å². The molecule has 0 amide bonds.